The van der Waals surface area contributed by atoms with E-state index in [9.17, 15) is 9.59 Å². The van der Waals surface area contributed by atoms with E-state index in [-0.39, 0.29) is 5.91 Å². The Bertz CT molecular complexity index is 850. The van der Waals surface area contributed by atoms with Crippen LogP contribution >= 0.6 is 0 Å². The van der Waals surface area contributed by atoms with Crippen LogP contribution in [-0.2, 0) is 11.2 Å². The summed E-state index contributed by atoms with van der Waals surface area (Å²) in [6.07, 6.45) is 3.19. The molecule has 154 valence electrons. The number of hydrogen-bond acceptors (Lipinski definition) is 6. The number of pyridine rings is 1. The number of hydrogen-bond donors (Lipinski definition) is 1. The van der Waals surface area contributed by atoms with Gasteiger partial charge in [0.1, 0.15) is 5.69 Å². The average molecular weight is 398 g/mol. The standard InChI is InChI=1S/C21H26N4O4/c1-28-19-4-3-16(13-20(19)29-2)5-7-23-21(27)18-14-17(6-8-22-18)25-11-9-24(15-26)10-12-25/h3-4,6,8,13-15H,5,7,9-12H2,1-2H3,(H,23,27). The molecule has 3 rings (SSSR count). The molecule has 0 atom stereocenters. The predicted molar refractivity (Wildman–Crippen MR) is 110 cm³/mol. The first-order valence-corrected chi connectivity index (χ1v) is 9.54. The van der Waals surface area contributed by atoms with Gasteiger partial charge in [0.25, 0.3) is 5.91 Å². The van der Waals surface area contributed by atoms with Crippen molar-refractivity contribution in [2.45, 2.75) is 6.42 Å². The number of aromatic nitrogens is 1. The summed E-state index contributed by atoms with van der Waals surface area (Å²) in [5.41, 5.74) is 2.36. The predicted octanol–water partition coefficient (Wildman–Crippen LogP) is 1.35. The number of ether oxygens (including phenoxy) is 2. The number of carbonyl (C=O) groups excluding carboxylic acids is 2. The molecule has 2 amide bonds. The van der Waals surface area contributed by atoms with Crippen LogP contribution in [0.15, 0.2) is 36.5 Å². The second kappa shape index (κ2) is 9.77. The molecule has 1 saturated heterocycles. The number of benzene rings is 1. The third-order valence-electron chi connectivity index (χ3n) is 4.95. The van der Waals surface area contributed by atoms with E-state index >= 15 is 0 Å². The maximum Gasteiger partial charge on any atom is 0.269 e. The van der Waals surface area contributed by atoms with Gasteiger partial charge in [0.15, 0.2) is 11.5 Å². The molecule has 1 aromatic carbocycles. The molecule has 8 heteroatoms. The maximum absolute atomic E-state index is 12.5. The Balaban J connectivity index is 1.55. The fraction of sp³-hybridized carbons (Fsp3) is 0.381. The number of piperazine rings is 1. The number of nitrogens with one attached hydrogen (secondary N) is 1. The van der Waals surface area contributed by atoms with Gasteiger partial charge in [-0.1, -0.05) is 6.07 Å². The van der Waals surface area contributed by atoms with Gasteiger partial charge >= 0.3 is 0 Å². The van der Waals surface area contributed by atoms with Gasteiger partial charge in [0.2, 0.25) is 6.41 Å². The van der Waals surface area contributed by atoms with E-state index in [1.54, 1.807) is 31.4 Å². The molecule has 8 nitrogen and oxygen atoms in total. The van der Waals surface area contributed by atoms with Gasteiger partial charge in [-0.25, -0.2) is 0 Å². The molecule has 0 unspecified atom stereocenters. The van der Waals surface area contributed by atoms with Gasteiger partial charge in [0.05, 0.1) is 14.2 Å². The van der Waals surface area contributed by atoms with Crippen LogP contribution in [0.2, 0.25) is 0 Å². The zero-order chi connectivity index (χ0) is 20.6. The second-order valence-corrected chi connectivity index (χ2v) is 6.72. The Morgan fingerprint density at radius 2 is 1.86 bits per heavy atom. The Labute approximate surface area is 170 Å². The van der Waals surface area contributed by atoms with E-state index in [1.807, 2.05) is 24.3 Å². The summed E-state index contributed by atoms with van der Waals surface area (Å²) < 4.78 is 10.5. The first-order chi connectivity index (χ1) is 14.1. The summed E-state index contributed by atoms with van der Waals surface area (Å²) in [6, 6.07) is 9.39. The smallest absolute Gasteiger partial charge is 0.269 e. The van der Waals surface area contributed by atoms with Crippen LogP contribution in [0, 0.1) is 0 Å². The van der Waals surface area contributed by atoms with E-state index in [0.29, 0.717) is 43.2 Å². The molecule has 0 bridgehead atoms. The lowest BCUT2D eigenvalue weighted by molar-refractivity contribution is -0.118. The van der Waals surface area contributed by atoms with Crippen LogP contribution in [0.5, 0.6) is 11.5 Å². The highest BCUT2D eigenvalue weighted by Gasteiger charge is 2.17. The summed E-state index contributed by atoms with van der Waals surface area (Å²) in [6.45, 7) is 3.32. The monoisotopic (exact) mass is 398 g/mol. The highest BCUT2D eigenvalue weighted by molar-refractivity contribution is 5.93. The zero-order valence-corrected chi connectivity index (χ0v) is 16.8. The van der Waals surface area contributed by atoms with E-state index < -0.39 is 0 Å². The second-order valence-electron chi connectivity index (χ2n) is 6.72. The van der Waals surface area contributed by atoms with Crippen LogP contribution in [0.25, 0.3) is 0 Å². The van der Waals surface area contributed by atoms with Crippen LogP contribution in [0.3, 0.4) is 0 Å². The van der Waals surface area contributed by atoms with Gasteiger partial charge in [-0.05, 0) is 36.2 Å². The van der Waals surface area contributed by atoms with Crippen molar-refractivity contribution < 1.29 is 19.1 Å². The summed E-state index contributed by atoms with van der Waals surface area (Å²) in [7, 11) is 3.20. The third-order valence-corrected chi connectivity index (χ3v) is 4.95. The summed E-state index contributed by atoms with van der Waals surface area (Å²) in [4.78, 5) is 31.5. The molecule has 0 saturated carbocycles. The first-order valence-electron chi connectivity index (χ1n) is 9.54. The summed E-state index contributed by atoms with van der Waals surface area (Å²) in [5, 5.41) is 2.91. The molecule has 1 fully saturated rings. The minimum Gasteiger partial charge on any atom is -0.493 e. The maximum atomic E-state index is 12.5. The molecule has 1 N–H and O–H groups in total. The molecule has 0 spiro atoms. The van der Waals surface area contributed by atoms with Crippen molar-refractivity contribution in [3.63, 3.8) is 0 Å². The van der Waals surface area contributed by atoms with Gasteiger partial charge in [-0.15, -0.1) is 0 Å². The fourth-order valence-electron chi connectivity index (χ4n) is 3.27. The highest BCUT2D eigenvalue weighted by atomic mass is 16.5. The largest absolute Gasteiger partial charge is 0.493 e. The molecule has 2 aromatic rings. The van der Waals surface area contributed by atoms with Crippen molar-refractivity contribution in [2.75, 3.05) is 51.8 Å². The molecule has 29 heavy (non-hydrogen) atoms. The van der Waals surface area contributed by atoms with Crippen molar-refractivity contribution >= 4 is 18.0 Å². The number of nitrogens with zero attached hydrogens (tertiary/aromatic N) is 3. The number of rotatable bonds is 8. The van der Waals surface area contributed by atoms with E-state index in [1.165, 1.54) is 0 Å². The van der Waals surface area contributed by atoms with E-state index in [2.05, 4.69) is 15.2 Å². The lowest BCUT2D eigenvalue weighted by Gasteiger charge is -2.34. The number of methoxy groups -OCH3 is 2. The zero-order valence-electron chi connectivity index (χ0n) is 16.8. The number of amides is 2. The van der Waals surface area contributed by atoms with Gasteiger partial charge in [0, 0.05) is 44.6 Å². The minimum atomic E-state index is -0.209. The molecular formula is C21H26N4O4. The topological polar surface area (TPSA) is 84.0 Å². The van der Waals surface area contributed by atoms with E-state index in [4.69, 9.17) is 9.47 Å². The number of carbonyl (C=O) groups is 2. The Hall–Kier alpha value is -3.29. The average Bonchev–Trinajstić information content (AvgIpc) is 2.79. The van der Waals surface area contributed by atoms with Crippen molar-refractivity contribution in [1.82, 2.24) is 15.2 Å². The molecule has 0 aliphatic carbocycles. The molecule has 1 aromatic heterocycles. The fourth-order valence-corrected chi connectivity index (χ4v) is 3.27. The Morgan fingerprint density at radius 1 is 1.10 bits per heavy atom. The summed E-state index contributed by atoms with van der Waals surface area (Å²) in [5.74, 6) is 1.13. The Kier molecular flexibility index (Phi) is 6.89. The summed E-state index contributed by atoms with van der Waals surface area (Å²) >= 11 is 0. The van der Waals surface area contributed by atoms with Crippen molar-refractivity contribution in [1.29, 1.82) is 0 Å². The quantitative estimate of drug-likeness (QED) is 0.676. The van der Waals surface area contributed by atoms with E-state index in [0.717, 1.165) is 30.8 Å². The number of anilines is 1. The molecule has 1 aliphatic rings. The van der Waals surface area contributed by atoms with Crippen LogP contribution in [0.4, 0.5) is 5.69 Å². The molecule has 2 heterocycles. The third kappa shape index (κ3) is 5.16. The first kappa shape index (κ1) is 20.4. The van der Waals surface area contributed by atoms with Gasteiger partial charge in [-0.3, -0.25) is 14.6 Å². The minimum absolute atomic E-state index is 0.209. The Morgan fingerprint density at radius 3 is 2.55 bits per heavy atom. The lowest BCUT2D eigenvalue weighted by atomic mass is 10.1. The van der Waals surface area contributed by atoms with Crippen LogP contribution in [0.1, 0.15) is 16.1 Å². The molecule has 0 radical (unpaired) electrons. The highest BCUT2D eigenvalue weighted by Crippen LogP contribution is 2.27. The van der Waals surface area contributed by atoms with Gasteiger partial charge in [-0.2, -0.15) is 0 Å². The van der Waals surface area contributed by atoms with Crippen LogP contribution in [-0.4, -0.2) is 69.1 Å². The van der Waals surface area contributed by atoms with Crippen LogP contribution < -0.4 is 19.7 Å². The van der Waals surface area contributed by atoms with Crippen molar-refractivity contribution in [2.24, 2.45) is 0 Å². The normalized spacial score (nSPS) is 13.7. The lowest BCUT2D eigenvalue weighted by Crippen LogP contribution is -2.45. The van der Waals surface area contributed by atoms with Gasteiger partial charge < -0.3 is 24.6 Å². The van der Waals surface area contributed by atoms with Crippen molar-refractivity contribution in [3.8, 4) is 11.5 Å². The molecule has 1 aliphatic heterocycles. The van der Waals surface area contributed by atoms with Crippen molar-refractivity contribution in [3.05, 3.63) is 47.8 Å². The SMILES string of the molecule is COc1ccc(CCNC(=O)c2cc(N3CCN(C=O)CC3)ccn2)cc1OC. The molecular weight excluding hydrogens is 372 g/mol.